The Hall–Kier alpha value is -1.18. The van der Waals surface area contributed by atoms with Gasteiger partial charge >= 0.3 is 0 Å². The lowest BCUT2D eigenvalue weighted by Gasteiger charge is -1.96. The minimum atomic E-state index is 0.796. The molecule has 2 heteroatoms. The van der Waals surface area contributed by atoms with E-state index in [2.05, 4.69) is 16.5 Å². The van der Waals surface area contributed by atoms with E-state index < -0.39 is 0 Å². The Labute approximate surface area is 60.6 Å². The first kappa shape index (κ1) is 6.93. The first-order valence-electron chi connectivity index (χ1n) is 3.14. The number of rotatable bonds is 1. The molecule has 0 aliphatic carbocycles. The van der Waals surface area contributed by atoms with Crippen LogP contribution in [0.2, 0.25) is 0 Å². The fourth-order valence-corrected chi connectivity index (χ4v) is 0.613. The SMILES string of the molecule is C=C(C)c1cnc(C)nc1. The van der Waals surface area contributed by atoms with Crippen molar-refractivity contribution >= 4 is 5.57 Å². The summed E-state index contributed by atoms with van der Waals surface area (Å²) in [5.41, 5.74) is 2.01. The summed E-state index contributed by atoms with van der Waals surface area (Å²) in [5, 5.41) is 0. The van der Waals surface area contributed by atoms with Crippen molar-refractivity contribution in [1.29, 1.82) is 0 Å². The molecule has 0 N–H and O–H groups in total. The molecule has 0 atom stereocenters. The second kappa shape index (κ2) is 2.60. The predicted molar refractivity (Wildman–Crippen MR) is 41.5 cm³/mol. The van der Waals surface area contributed by atoms with Gasteiger partial charge in [-0.15, -0.1) is 0 Å². The van der Waals surface area contributed by atoms with E-state index in [-0.39, 0.29) is 0 Å². The molecule has 0 radical (unpaired) electrons. The van der Waals surface area contributed by atoms with Crippen LogP contribution in [0.15, 0.2) is 19.0 Å². The van der Waals surface area contributed by atoms with Crippen LogP contribution >= 0.6 is 0 Å². The van der Waals surface area contributed by atoms with E-state index in [4.69, 9.17) is 0 Å². The molecule has 1 heterocycles. The molecule has 0 saturated heterocycles. The third kappa shape index (κ3) is 1.41. The summed E-state index contributed by atoms with van der Waals surface area (Å²) in [7, 11) is 0. The molecule has 0 saturated carbocycles. The third-order valence-electron chi connectivity index (χ3n) is 1.27. The fourth-order valence-electron chi connectivity index (χ4n) is 0.613. The van der Waals surface area contributed by atoms with Gasteiger partial charge in [-0.3, -0.25) is 0 Å². The van der Waals surface area contributed by atoms with Crippen LogP contribution in [0, 0.1) is 6.92 Å². The topological polar surface area (TPSA) is 25.8 Å². The zero-order valence-corrected chi connectivity index (χ0v) is 6.26. The van der Waals surface area contributed by atoms with E-state index in [9.17, 15) is 0 Å². The number of hydrogen-bond acceptors (Lipinski definition) is 2. The van der Waals surface area contributed by atoms with E-state index in [1.165, 1.54) is 0 Å². The summed E-state index contributed by atoms with van der Waals surface area (Å²) in [6, 6.07) is 0. The number of nitrogens with zero attached hydrogens (tertiary/aromatic N) is 2. The van der Waals surface area contributed by atoms with Crippen LogP contribution in [0.1, 0.15) is 18.3 Å². The molecule has 0 aromatic carbocycles. The highest BCUT2D eigenvalue weighted by Gasteiger charge is 1.91. The molecule has 1 aromatic heterocycles. The van der Waals surface area contributed by atoms with Gasteiger partial charge in [-0.2, -0.15) is 0 Å². The maximum absolute atomic E-state index is 4.03. The van der Waals surface area contributed by atoms with Gasteiger partial charge in [-0.25, -0.2) is 9.97 Å². The summed E-state index contributed by atoms with van der Waals surface area (Å²) in [6.45, 7) is 7.58. The minimum Gasteiger partial charge on any atom is -0.241 e. The Morgan fingerprint density at radius 2 is 1.90 bits per heavy atom. The van der Waals surface area contributed by atoms with Crippen molar-refractivity contribution in [3.05, 3.63) is 30.4 Å². The summed E-state index contributed by atoms with van der Waals surface area (Å²) < 4.78 is 0. The van der Waals surface area contributed by atoms with E-state index in [1.807, 2.05) is 13.8 Å². The lowest BCUT2D eigenvalue weighted by Crippen LogP contribution is -1.87. The molecule has 2 nitrogen and oxygen atoms in total. The maximum Gasteiger partial charge on any atom is 0.125 e. The van der Waals surface area contributed by atoms with Crippen LogP contribution in [-0.2, 0) is 0 Å². The van der Waals surface area contributed by atoms with Crippen molar-refractivity contribution < 1.29 is 0 Å². The van der Waals surface area contributed by atoms with E-state index in [0.29, 0.717) is 0 Å². The van der Waals surface area contributed by atoms with Gasteiger partial charge in [0.15, 0.2) is 0 Å². The Morgan fingerprint density at radius 3 is 2.30 bits per heavy atom. The molecule has 1 rings (SSSR count). The van der Waals surface area contributed by atoms with Crippen LogP contribution in [0.3, 0.4) is 0 Å². The van der Waals surface area contributed by atoms with Gasteiger partial charge in [0.05, 0.1) is 0 Å². The van der Waals surface area contributed by atoms with Crippen LogP contribution in [0.25, 0.3) is 5.57 Å². The smallest absolute Gasteiger partial charge is 0.125 e. The highest BCUT2D eigenvalue weighted by molar-refractivity contribution is 5.59. The minimum absolute atomic E-state index is 0.796. The Kier molecular flexibility index (Phi) is 1.81. The normalized spacial score (nSPS) is 9.40. The highest BCUT2D eigenvalue weighted by atomic mass is 14.8. The highest BCUT2D eigenvalue weighted by Crippen LogP contribution is 2.06. The summed E-state index contributed by atoms with van der Waals surface area (Å²) in [6.07, 6.45) is 3.56. The van der Waals surface area contributed by atoms with Gasteiger partial charge in [0.25, 0.3) is 0 Å². The number of hydrogen-bond donors (Lipinski definition) is 0. The quantitative estimate of drug-likeness (QED) is 0.585. The second-order valence-corrected chi connectivity index (χ2v) is 2.30. The van der Waals surface area contributed by atoms with Crippen molar-refractivity contribution in [2.45, 2.75) is 13.8 Å². The molecule has 0 aliphatic heterocycles. The Bertz CT molecular complexity index is 236. The van der Waals surface area contributed by atoms with E-state index in [1.54, 1.807) is 12.4 Å². The second-order valence-electron chi connectivity index (χ2n) is 2.30. The van der Waals surface area contributed by atoms with Crippen LogP contribution < -0.4 is 0 Å². The molecule has 0 aliphatic rings. The maximum atomic E-state index is 4.03. The zero-order chi connectivity index (χ0) is 7.56. The van der Waals surface area contributed by atoms with Crippen LogP contribution in [0.4, 0.5) is 0 Å². The summed E-state index contributed by atoms with van der Waals surface area (Å²) >= 11 is 0. The number of allylic oxidation sites excluding steroid dienone is 1. The molecular formula is C8H10N2. The molecular weight excluding hydrogens is 124 g/mol. The largest absolute Gasteiger partial charge is 0.241 e. The van der Waals surface area contributed by atoms with Gasteiger partial charge in [0.1, 0.15) is 5.82 Å². The molecule has 10 heavy (non-hydrogen) atoms. The fraction of sp³-hybridized carbons (Fsp3) is 0.250. The van der Waals surface area contributed by atoms with Gasteiger partial charge in [0, 0.05) is 18.0 Å². The molecule has 0 unspecified atom stereocenters. The Morgan fingerprint density at radius 1 is 1.40 bits per heavy atom. The van der Waals surface area contributed by atoms with E-state index >= 15 is 0 Å². The average molecular weight is 134 g/mol. The monoisotopic (exact) mass is 134 g/mol. The molecule has 52 valence electrons. The van der Waals surface area contributed by atoms with Crippen LogP contribution in [-0.4, -0.2) is 9.97 Å². The Balaban J connectivity index is 3.00. The molecule has 1 aromatic rings. The predicted octanol–water partition coefficient (Wildman–Crippen LogP) is 1.82. The standard InChI is InChI=1S/C8H10N2/c1-6(2)8-4-9-7(3)10-5-8/h4-5H,1H2,2-3H3. The first-order valence-corrected chi connectivity index (χ1v) is 3.14. The molecule has 0 amide bonds. The zero-order valence-electron chi connectivity index (χ0n) is 6.26. The van der Waals surface area contributed by atoms with Crippen molar-refractivity contribution in [3.8, 4) is 0 Å². The van der Waals surface area contributed by atoms with Gasteiger partial charge < -0.3 is 0 Å². The van der Waals surface area contributed by atoms with Crippen molar-refractivity contribution in [3.63, 3.8) is 0 Å². The van der Waals surface area contributed by atoms with E-state index in [0.717, 1.165) is 17.0 Å². The number of aromatic nitrogens is 2. The molecule has 0 bridgehead atoms. The molecule has 0 spiro atoms. The summed E-state index contributed by atoms with van der Waals surface area (Å²) in [5.74, 6) is 0.796. The van der Waals surface area contributed by atoms with Gasteiger partial charge in [0.2, 0.25) is 0 Å². The van der Waals surface area contributed by atoms with Crippen molar-refractivity contribution in [2.75, 3.05) is 0 Å². The lowest BCUT2D eigenvalue weighted by atomic mass is 10.2. The third-order valence-corrected chi connectivity index (χ3v) is 1.27. The molecule has 0 fully saturated rings. The van der Waals surface area contributed by atoms with Gasteiger partial charge in [-0.1, -0.05) is 6.58 Å². The summed E-state index contributed by atoms with van der Waals surface area (Å²) in [4.78, 5) is 8.06. The average Bonchev–Trinajstić information content (AvgIpc) is 1.88. The lowest BCUT2D eigenvalue weighted by molar-refractivity contribution is 1.04. The van der Waals surface area contributed by atoms with Crippen molar-refractivity contribution in [2.24, 2.45) is 0 Å². The first-order chi connectivity index (χ1) is 4.70. The number of aryl methyl sites for hydroxylation is 1. The van der Waals surface area contributed by atoms with Crippen LogP contribution in [0.5, 0.6) is 0 Å². The van der Waals surface area contributed by atoms with Gasteiger partial charge in [-0.05, 0) is 19.4 Å². The van der Waals surface area contributed by atoms with Crippen molar-refractivity contribution in [1.82, 2.24) is 9.97 Å².